The molecule has 0 aromatic heterocycles. The fourth-order valence-electron chi connectivity index (χ4n) is 1.53. The summed E-state index contributed by atoms with van der Waals surface area (Å²) in [6.07, 6.45) is 2.79. The van der Waals surface area contributed by atoms with Crippen molar-refractivity contribution in [3.8, 4) is 0 Å². The number of nitrogens with zero attached hydrogens (tertiary/aromatic N) is 1. The molecule has 0 spiro atoms. The predicted octanol–water partition coefficient (Wildman–Crippen LogP) is 3.88. The Hall–Kier alpha value is -1.80. The van der Waals surface area contributed by atoms with Gasteiger partial charge in [-0.05, 0) is 28.5 Å². The molecule has 0 unspecified atom stereocenters. The standard InChI is InChI=1S/C13H10ClNO/c14-13(7-8-15-16)12-6-5-10-3-1-2-4-11(10)9-12/h1-9,16H/b13-7-,15-8-. The van der Waals surface area contributed by atoms with E-state index in [9.17, 15) is 0 Å². The lowest BCUT2D eigenvalue weighted by Gasteiger charge is -2.01. The summed E-state index contributed by atoms with van der Waals surface area (Å²) < 4.78 is 0. The van der Waals surface area contributed by atoms with Crippen LogP contribution >= 0.6 is 11.6 Å². The van der Waals surface area contributed by atoms with Crippen LogP contribution in [-0.2, 0) is 0 Å². The van der Waals surface area contributed by atoms with Crippen molar-refractivity contribution >= 4 is 33.6 Å². The summed E-state index contributed by atoms with van der Waals surface area (Å²) in [7, 11) is 0. The van der Waals surface area contributed by atoms with Crippen LogP contribution in [0, 0.1) is 0 Å². The highest BCUT2D eigenvalue weighted by molar-refractivity contribution is 6.49. The fraction of sp³-hybridized carbons (Fsp3) is 0. The Morgan fingerprint density at radius 3 is 2.62 bits per heavy atom. The number of allylic oxidation sites excluding steroid dienone is 1. The summed E-state index contributed by atoms with van der Waals surface area (Å²) in [6.45, 7) is 0. The van der Waals surface area contributed by atoms with Gasteiger partial charge in [0.15, 0.2) is 0 Å². The third-order valence-electron chi connectivity index (χ3n) is 2.31. The van der Waals surface area contributed by atoms with E-state index in [1.165, 1.54) is 11.6 Å². The molecule has 0 aliphatic heterocycles. The quantitative estimate of drug-likeness (QED) is 0.475. The number of fused-ring (bicyclic) bond motifs is 1. The average Bonchev–Trinajstić information content (AvgIpc) is 2.35. The van der Waals surface area contributed by atoms with Gasteiger partial charge in [0.05, 0.1) is 6.21 Å². The van der Waals surface area contributed by atoms with Gasteiger partial charge < -0.3 is 5.21 Å². The van der Waals surface area contributed by atoms with Crippen molar-refractivity contribution in [2.45, 2.75) is 0 Å². The Labute approximate surface area is 98.5 Å². The molecule has 0 heterocycles. The van der Waals surface area contributed by atoms with Crippen molar-refractivity contribution in [1.29, 1.82) is 0 Å². The van der Waals surface area contributed by atoms with Gasteiger partial charge in [-0.1, -0.05) is 53.2 Å². The molecule has 0 aliphatic rings. The number of rotatable bonds is 2. The molecule has 2 aromatic rings. The van der Waals surface area contributed by atoms with Crippen LogP contribution in [0.1, 0.15) is 5.56 Å². The zero-order valence-electron chi connectivity index (χ0n) is 8.47. The lowest BCUT2D eigenvalue weighted by Crippen LogP contribution is -1.79. The van der Waals surface area contributed by atoms with E-state index in [-0.39, 0.29) is 0 Å². The number of hydrogen-bond donors (Lipinski definition) is 1. The lowest BCUT2D eigenvalue weighted by atomic mass is 10.1. The highest BCUT2D eigenvalue weighted by atomic mass is 35.5. The summed E-state index contributed by atoms with van der Waals surface area (Å²) >= 11 is 6.04. The average molecular weight is 232 g/mol. The number of oxime groups is 1. The van der Waals surface area contributed by atoms with Gasteiger partial charge >= 0.3 is 0 Å². The molecular weight excluding hydrogens is 222 g/mol. The molecule has 0 bridgehead atoms. The number of halogens is 1. The second-order valence-electron chi connectivity index (χ2n) is 3.34. The highest BCUT2D eigenvalue weighted by Crippen LogP contribution is 2.23. The van der Waals surface area contributed by atoms with Gasteiger partial charge in [-0.25, -0.2) is 0 Å². The molecule has 0 saturated carbocycles. The van der Waals surface area contributed by atoms with E-state index in [2.05, 4.69) is 5.16 Å². The molecule has 0 aliphatic carbocycles. The molecule has 0 saturated heterocycles. The fourth-order valence-corrected chi connectivity index (χ4v) is 1.71. The first-order valence-corrected chi connectivity index (χ1v) is 5.21. The third-order valence-corrected chi connectivity index (χ3v) is 2.66. The largest absolute Gasteiger partial charge is 0.411 e. The maximum atomic E-state index is 8.30. The van der Waals surface area contributed by atoms with Gasteiger partial charge in [-0.15, -0.1) is 0 Å². The zero-order valence-corrected chi connectivity index (χ0v) is 9.22. The maximum absolute atomic E-state index is 8.30. The van der Waals surface area contributed by atoms with E-state index >= 15 is 0 Å². The molecule has 2 rings (SSSR count). The van der Waals surface area contributed by atoms with Crippen molar-refractivity contribution < 1.29 is 5.21 Å². The molecule has 0 radical (unpaired) electrons. The minimum atomic E-state index is 0.545. The summed E-state index contributed by atoms with van der Waals surface area (Å²) in [6, 6.07) is 14.0. The maximum Gasteiger partial charge on any atom is 0.0676 e. The van der Waals surface area contributed by atoms with E-state index in [1.54, 1.807) is 6.08 Å². The monoisotopic (exact) mass is 231 g/mol. The Bertz CT molecular complexity index is 561. The van der Waals surface area contributed by atoms with E-state index < -0.39 is 0 Å². The second-order valence-corrected chi connectivity index (χ2v) is 3.75. The summed E-state index contributed by atoms with van der Waals surface area (Å²) in [5.41, 5.74) is 0.903. The van der Waals surface area contributed by atoms with Crippen LogP contribution in [0.5, 0.6) is 0 Å². The Morgan fingerprint density at radius 1 is 1.12 bits per heavy atom. The van der Waals surface area contributed by atoms with Gasteiger partial charge in [0.2, 0.25) is 0 Å². The molecule has 0 atom stereocenters. The topological polar surface area (TPSA) is 32.6 Å². The van der Waals surface area contributed by atoms with Crippen molar-refractivity contribution in [2.24, 2.45) is 5.16 Å². The first-order valence-electron chi connectivity index (χ1n) is 4.83. The van der Waals surface area contributed by atoms with Crippen molar-refractivity contribution in [3.63, 3.8) is 0 Å². The Balaban J connectivity index is 2.47. The Morgan fingerprint density at radius 2 is 1.88 bits per heavy atom. The molecule has 0 fully saturated rings. The zero-order chi connectivity index (χ0) is 11.4. The molecule has 0 amide bonds. The SMILES string of the molecule is O/N=C\C=C(/Cl)c1ccc2ccccc2c1. The molecule has 3 heteroatoms. The predicted molar refractivity (Wildman–Crippen MR) is 68.1 cm³/mol. The van der Waals surface area contributed by atoms with Crippen molar-refractivity contribution in [2.75, 3.05) is 0 Å². The smallest absolute Gasteiger partial charge is 0.0676 e. The van der Waals surface area contributed by atoms with Gasteiger partial charge in [0.25, 0.3) is 0 Å². The third kappa shape index (κ3) is 2.23. The molecule has 2 nitrogen and oxygen atoms in total. The van der Waals surface area contributed by atoms with Crippen LogP contribution < -0.4 is 0 Å². The van der Waals surface area contributed by atoms with E-state index in [4.69, 9.17) is 16.8 Å². The van der Waals surface area contributed by atoms with Crippen LogP contribution in [0.15, 0.2) is 53.7 Å². The Kier molecular flexibility index (Phi) is 3.22. The minimum absolute atomic E-state index is 0.545. The first-order chi connectivity index (χ1) is 7.81. The number of hydrogen-bond acceptors (Lipinski definition) is 2. The van der Waals surface area contributed by atoms with Crippen LogP contribution in [0.4, 0.5) is 0 Å². The lowest BCUT2D eigenvalue weighted by molar-refractivity contribution is 0.322. The van der Waals surface area contributed by atoms with Gasteiger partial charge in [-0.2, -0.15) is 0 Å². The molecule has 80 valence electrons. The second kappa shape index (κ2) is 4.81. The van der Waals surface area contributed by atoms with Gasteiger partial charge in [-0.3, -0.25) is 0 Å². The van der Waals surface area contributed by atoms with E-state index in [0.717, 1.165) is 10.9 Å². The van der Waals surface area contributed by atoms with Crippen LogP contribution in [0.3, 0.4) is 0 Å². The van der Waals surface area contributed by atoms with Crippen molar-refractivity contribution in [1.82, 2.24) is 0 Å². The molecule has 16 heavy (non-hydrogen) atoms. The van der Waals surface area contributed by atoms with Gasteiger partial charge in [0, 0.05) is 5.03 Å². The van der Waals surface area contributed by atoms with Crippen LogP contribution in [0.25, 0.3) is 15.8 Å². The van der Waals surface area contributed by atoms with Crippen LogP contribution in [-0.4, -0.2) is 11.4 Å². The van der Waals surface area contributed by atoms with E-state index in [1.807, 2.05) is 42.5 Å². The summed E-state index contributed by atoms with van der Waals surface area (Å²) in [5, 5.41) is 14.0. The molecule has 1 N–H and O–H groups in total. The molecular formula is C13H10ClNO. The molecule has 2 aromatic carbocycles. The minimum Gasteiger partial charge on any atom is -0.411 e. The first kappa shape index (κ1) is 10.7. The van der Waals surface area contributed by atoms with Crippen LogP contribution in [0.2, 0.25) is 0 Å². The normalized spacial score (nSPS) is 12.4. The summed E-state index contributed by atoms with van der Waals surface area (Å²) in [5.74, 6) is 0. The summed E-state index contributed by atoms with van der Waals surface area (Å²) in [4.78, 5) is 0. The van der Waals surface area contributed by atoms with E-state index in [0.29, 0.717) is 5.03 Å². The van der Waals surface area contributed by atoms with Gasteiger partial charge in [0.1, 0.15) is 0 Å². The highest BCUT2D eigenvalue weighted by Gasteiger charge is 1.98. The van der Waals surface area contributed by atoms with Crippen molar-refractivity contribution in [3.05, 3.63) is 54.1 Å². The number of benzene rings is 2.